The van der Waals surface area contributed by atoms with E-state index in [0.29, 0.717) is 12.3 Å². The number of methoxy groups -OCH3 is 1. The molecule has 1 aliphatic rings. The van der Waals surface area contributed by atoms with E-state index < -0.39 is 21.5 Å². The van der Waals surface area contributed by atoms with E-state index in [9.17, 15) is 18.0 Å². The quantitative estimate of drug-likeness (QED) is 0.315. The normalized spacial score (nSPS) is 15.7. The zero-order chi connectivity index (χ0) is 27.1. The molecule has 1 aromatic carbocycles. The maximum Gasteiger partial charge on any atom is 0.307 e. The summed E-state index contributed by atoms with van der Waals surface area (Å²) in [4.78, 5) is 33.0. The molecule has 0 aliphatic carbocycles. The smallest absolute Gasteiger partial charge is 0.307 e. The molecule has 0 spiro atoms. The zero-order valence-corrected chi connectivity index (χ0v) is 22.3. The number of hydrogen-bond acceptors (Lipinski definition) is 10. The lowest BCUT2D eigenvalue weighted by Gasteiger charge is -2.21. The minimum absolute atomic E-state index is 0.0838. The number of aromatic nitrogens is 2. The number of carbonyl (C=O) groups is 2. The highest BCUT2D eigenvalue weighted by molar-refractivity contribution is 7.89. The van der Waals surface area contributed by atoms with Crippen LogP contribution in [-0.2, 0) is 24.3 Å². The lowest BCUT2D eigenvalue weighted by Crippen LogP contribution is -2.41. The zero-order valence-electron chi connectivity index (χ0n) is 21.5. The Morgan fingerprint density at radius 1 is 1.19 bits per heavy atom. The first kappa shape index (κ1) is 28.3. The van der Waals surface area contributed by atoms with Crippen LogP contribution in [0.1, 0.15) is 50.4 Å². The summed E-state index contributed by atoms with van der Waals surface area (Å²) in [6, 6.07) is 6.13. The number of carbonyl (C=O) groups excluding carboxylic acids is 2. The predicted molar refractivity (Wildman–Crippen MR) is 138 cm³/mol. The largest absolute Gasteiger partial charge is 0.469 e. The van der Waals surface area contributed by atoms with Crippen molar-refractivity contribution in [1.29, 1.82) is 0 Å². The third-order valence-electron chi connectivity index (χ3n) is 5.32. The van der Waals surface area contributed by atoms with Gasteiger partial charge in [-0.2, -0.15) is 4.98 Å². The molecule has 37 heavy (non-hydrogen) atoms. The first-order valence-corrected chi connectivity index (χ1v) is 13.4. The van der Waals surface area contributed by atoms with Gasteiger partial charge in [0.2, 0.25) is 16.0 Å². The highest BCUT2D eigenvalue weighted by atomic mass is 32.2. The summed E-state index contributed by atoms with van der Waals surface area (Å²) in [5.41, 5.74) is 0.285. The molecule has 1 aliphatic heterocycles. The van der Waals surface area contributed by atoms with Gasteiger partial charge >= 0.3 is 5.97 Å². The third-order valence-corrected chi connectivity index (χ3v) is 6.76. The first-order valence-electron chi connectivity index (χ1n) is 12.0. The number of nitrogens with zero attached hydrogens (tertiary/aromatic N) is 2. The lowest BCUT2D eigenvalue weighted by atomic mass is 10.1. The second kappa shape index (κ2) is 12.3. The molecule has 1 unspecified atom stereocenters. The van der Waals surface area contributed by atoms with Crippen molar-refractivity contribution in [2.45, 2.75) is 56.6 Å². The molecule has 1 aromatic heterocycles. The van der Waals surface area contributed by atoms with E-state index in [4.69, 9.17) is 4.74 Å². The Morgan fingerprint density at radius 2 is 1.92 bits per heavy atom. The SMILES string of the molecule is COC(=O)CCNc1nc(Nc2ccc(S(=O)(=O)NCC3CCCO3)cc2)ncc1C(=O)NC(C)(C)C. The van der Waals surface area contributed by atoms with Gasteiger partial charge in [0, 0.05) is 37.1 Å². The molecule has 1 fully saturated rings. The topological polar surface area (TPSA) is 161 Å². The standard InChI is InChI=1S/C24H34N6O6S/c1-24(2,3)30-22(32)19-15-26-23(29-21(19)25-12-11-20(31)35-4)28-16-7-9-18(10-8-16)37(33,34)27-14-17-6-5-13-36-17/h7-10,15,17,27H,5-6,11-14H2,1-4H3,(H,30,32)(H2,25,26,28,29). The monoisotopic (exact) mass is 534 g/mol. The van der Waals surface area contributed by atoms with Crippen LogP contribution in [0.4, 0.5) is 17.5 Å². The average Bonchev–Trinajstić information content (AvgIpc) is 3.36. The average molecular weight is 535 g/mol. The van der Waals surface area contributed by atoms with Crippen molar-refractivity contribution in [2.75, 3.05) is 37.4 Å². The van der Waals surface area contributed by atoms with Crippen LogP contribution >= 0.6 is 0 Å². The molecule has 4 N–H and O–H groups in total. The van der Waals surface area contributed by atoms with E-state index in [1.165, 1.54) is 25.4 Å². The maximum atomic E-state index is 12.8. The molecule has 3 rings (SSSR count). The number of ether oxygens (including phenoxy) is 2. The van der Waals surface area contributed by atoms with Crippen LogP contribution in [0.25, 0.3) is 0 Å². The van der Waals surface area contributed by atoms with Gasteiger partial charge in [-0.1, -0.05) is 0 Å². The predicted octanol–water partition coefficient (Wildman–Crippen LogP) is 2.18. The van der Waals surface area contributed by atoms with Gasteiger partial charge in [-0.05, 0) is 57.9 Å². The van der Waals surface area contributed by atoms with Gasteiger partial charge in [0.25, 0.3) is 5.91 Å². The van der Waals surface area contributed by atoms with Crippen LogP contribution in [0.2, 0.25) is 0 Å². The van der Waals surface area contributed by atoms with Gasteiger partial charge in [-0.3, -0.25) is 9.59 Å². The van der Waals surface area contributed by atoms with Crippen LogP contribution in [0, 0.1) is 0 Å². The number of amides is 1. The van der Waals surface area contributed by atoms with Crippen LogP contribution in [0.15, 0.2) is 35.4 Å². The maximum absolute atomic E-state index is 12.8. The van der Waals surface area contributed by atoms with Crippen molar-refractivity contribution in [2.24, 2.45) is 0 Å². The summed E-state index contributed by atoms with van der Waals surface area (Å²) in [7, 11) is -2.38. The number of esters is 1. The fourth-order valence-corrected chi connectivity index (χ4v) is 4.54. The summed E-state index contributed by atoms with van der Waals surface area (Å²) in [5, 5.41) is 8.85. The van der Waals surface area contributed by atoms with Crippen molar-refractivity contribution in [3.05, 3.63) is 36.0 Å². The highest BCUT2D eigenvalue weighted by Gasteiger charge is 2.22. The summed E-state index contributed by atoms with van der Waals surface area (Å²) in [6.07, 6.45) is 3.13. The molecule has 1 atom stereocenters. The molecule has 1 amide bonds. The molecule has 0 bridgehead atoms. The number of rotatable bonds is 11. The van der Waals surface area contributed by atoms with Gasteiger partial charge in [-0.25, -0.2) is 18.1 Å². The van der Waals surface area contributed by atoms with Crippen LogP contribution < -0.4 is 20.7 Å². The van der Waals surface area contributed by atoms with Gasteiger partial charge < -0.3 is 25.4 Å². The molecular formula is C24H34N6O6S. The van der Waals surface area contributed by atoms with Crippen LogP contribution in [0.3, 0.4) is 0 Å². The number of nitrogens with one attached hydrogen (secondary N) is 4. The van der Waals surface area contributed by atoms with Crippen molar-refractivity contribution in [3.63, 3.8) is 0 Å². The van der Waals surface area contributed by atoms with Gasteiger partial charge in [-0.15, -0.1) is 0 Å². The van der Waals surface area contributed by atoms with Gasteiger partial charge in [0.15, 0.2) is 0 Å². The van der Waals surface area contributed by atoms with Crippen LogP contribution in [-0.4, -0.2) is 68.7 Å². The van der Waals surface area contributed by atoms with E-state index >= 15 is 0 Å². The lowest BCUT2D eigenvalue weighted by molar-refractivity contribution is -0.140. The second-order valence-electron chi connectivity index (χ2n) is 9.55. The molecule has 202 valence electrons. The third kappa shape index (κ3) is 8.65. The number of sulfonamides is 1. The van der Waals surface area contributed by atoms with Gasteiger partial charge in [0.05, 0.1) is 24.5 Å². The van der Waals surface area contributed by atoms with Crippen molar-refractivity contribution in [3.8, 4) is 0 Å². The minimum Gasteiger partial charge on any atom is -0.469 e. The molecule has 12 nitrogen and oxygen atoms in total. The Hall–Kier alpha value is -3.29. The Morgan fingerprint density at radius 3 is 2.54 bits per heavy atom. The highest BCUT2D eigenvalue weighted by Crippen LogP contribution is 2.21. The van der Waals surface area contributed by atoms with Crippen molar-refractivity contribution in [1.82, 2.24) is 20.0 Å². The first-order chi connectivity index (χ1) is 17.5. The van der Waals surface area contributed by atoms with E-state index in [2.05, 4.69) is 35.4 Å². The van der Waals surface area contributed by atoms with E-state index in [-0.39, 0.29) is 53.7 Å². The Labute approximate surface area is 217 Å². The second-order valence-corrected chi connectivity index (χ2v) is 11.3. The van der Waals surface area contributed by atoms with Crippen LogP contribution in [0.5, 0.6) is 0 Å². The Kier molecular flexibility index (Phi) is 9.40. The minimum atomic E-state index is -3.68. The molecule has 13 heteroatoms. The molecule has 0 saturated carbocycles. The van der Waals surface area contributed by atoms with E-state index in [0.717, 1.165) is 12.8 Å². The van der Waals surface area contributed by atoms with Gasteiger partial charge in [0.1, 0.15) is 11.4 Å². The fraction of sp³-hybridized carbons (Fsp3) is 0.500. The number of benzene rings is 1. The molecule has 1 saturated heterocycles. The molecule has 2 aromatic rings. The summed E-state index contributed by atoms with van der Waals surface area (Å²) >= 11 is 0. The van der Waals surface area contributed by atoms with Crippen molar-refractivity contribution >= 4 is 39.4 Å². The summed E-state index contributed by atoms with van der Waals surface area (Å²) < 4.78 is 37.9. The van der Waals surface area contributed by atoms with E-state index in [1.807, 2.05) is 20.8 Å². The number of hydrogen-bond donors (Lipinski definition) is 4. The van der Waals surface area contributed by atoms with Crippen molar-refractivity contribution < 1.29 is 27.5 Å². The molecular weight excluding hydrogens is 500 g/mol. The summed E-state index contributed by atoms with van der Waals surface area (Å²) in [5.74, 6) is -0.355. The Bertz CT molecular complexity index is 1190. The fourth-order valence-electron chi connectivity index (χ4n) is 3.47. The molecule has 0 radical (unpaired) electrons. The molecule has 2 heterocycles. The van der Waals surface area contributed by atoms with E-state index in [1.54, 1.807) is 12.1 Å². The summed E-state index contributed by atoms with van der Waals surface area (Å²) in [6.45, 7) is 6.65. The number of anilines is 3. The Balaban J connectivity index is 1.72.